The molecule has 98 valence electrons. The molecule has 0 aromatic heterocycles. The van der Waals surface area contributed by atoms with Gasteiger partial charge in [-0.25, -0.2) is 0 Å². The standard InChI is InChI=1S/C14H25NO2/c1-11(2)10-17-7-3-6-15-12-4-5-13(15)9-14(16)8-12/h11-13H,3-10H2,1-2H3. The van der Waals surface area contributed by atoms with Gasteiger partial charge < -0.3 is 4.74 Å². The molecule has 2 aliphatic heterocycles. The number of rotatable bonds is 6. The normalized spacial score (nSPS) is 29.2. The predicted molar refractivity (Wildman–Crippen MR) is 68.0 cm³/mol. The molecule has 2 bridgehead atoms. The number of fused-ring (bicyclic) bond motifs is 2. The molecular formula is C14H25NO2. The quantitative estimate of drug-likeness (QED) is 0.666. The second-order valence-electron chi connectivity index (χ2n) is 5.89. The molecule has 0 amide bonds. The number of Topliss-reactive ketones (excluding diaryl/α,β-unsaturated/α-hetero) is 1. The van der Waals surface area contributed by atoms with Crippen molar-refractivity contribution in [1.29, 1.82) is 0 Å². The van der Waals surface area contributed by atoms with Crippen LogP contribution in [0.5, 0.6) is 0 Å². The van der Waals surface area contributed by atoms with Crippen molar-refractivity contribution in [1.82, 2.24) is 4.90 Å². The highest BCUT2D eigenvalue weighted by Gasteiger charge is 2.39. The molecule has 0 radical (unpaired) electrons. The highest BCUT2D eigenvalue weighted by atomic mass is 16.5. The van der Waals surface area contributed by atoms with Crippen LogP contribution in [-0.2, 0) is 9.53 Å². The second kappa shape index (κ2) is 5.96. The average Bonchev–Trinajstić information content (AvgIpc) is 2.51. The van der Waals surface area contributed by atoms with E-state index in [4.69, 9.17) is 4.74 Å². The summed E-state index contributed by atoms with van der Waals surface area (Å²) in [5.74, 6) is 1.10. The van der Waals surface area contributed by atoms with E-state index < -0.39 is 0 Å². The molecule has 2 fully saturated rings. The van der Waals surface area contributed by atoms with Gasteiger partial charge in [-0.3, -0.25) is 9.69 Å². The SMILES string of the molecule is CC(C)COCCCN1C2CCC1CC(=O)C2. The molecule has 2 unspecified atom stereocenters. The van der Waals surface area contributed by atoms with E-state index in [9.17, 15) is 4.79 Å². The lowest BCUT2D eigenvalue weighted by Crippen LogP contribution is -2.43. The maximum Gasteiger partial charge on any atom is 0.136 e. The van der Waals surface area contributed by atoms with E-state index in [1.165, 1.54) is 12.8 Å². The molecule has 2 rings (SSSR count). The highest BCUT2D eigenvalue weighted by Crippen LogP contribution is 2.33. The zero-order valence-electron chi connectivity index (χ0n) is 11.2. The number of ether oxygens (including phenoxy) is 1. The summed E-state index contributed by atoms with van der Waals surface area (Å²) in [6.07, 6.45) is 5.15. The van der Waals surface area contributed by atoms with Crippen LogP contribution in [0, 0.1) is 5.92 Å². The number of hydrogen-bond acceptors (Lipinski definition) is 3. The van der Waals surface area contributed by atoms with E-state index in [1.807, 2.05) is 0 Å². The molecule has 2 saturated heterocycles. The largest absolute Gasteiger partial charge is 0.381 e. The average molecular weight is 239 g/mol. The monoisotopic (exact) mass is 239 g/mol. The third-order valence-electron chi connectivity index (χ3n) is 3.85. The Labute approximate surface area is 105 Å². The van der Waals surface area contributed by atoms with Crippen LogP contribution in [0.15, 0.2) is 0 Å². The summed E-state index contributed by atoms with van der Waals surface area (Å²) in [6, 6.07) is 1.10. The smallest absolute Gasteiger partial charge is 0.136 e. The van der Waals surface area contributed by atoms with Gasteiger partial charge in [-0.15, -0.1) is 0 Å². The number of carbonyl (C=O) groups is 1. The molecule has 0 saturated carbocycles. The fourth-order valence-corrected chi connectivity index (χ4v) is 3.10. The third-order valence-corrected chi connectivity index (χ3v) is 3.85. The fraction of sp³-hybridized carbons (Fsp3) is 0.929. The summed E-state index contributed by atoms with van der Waals surface area (Å²) in [4.78, 5) is 14.0. The first-order valence-corrected chi connectivity index (χ1v) is 7.02. The van der Waals surface area contributed by atoms with Crippen molar-refractivity contribution in [3.8, 4) is 0 Å². The van der Waals surface area contributed by atoms with Crippen LogP contribution in [-0.4, -0.2) is 42.5 Å². The Kier molecular flexibility index (Phi) is 4.57. The molecule has 0 aromatic rings. The van der Waals surface area contributed by atoms with Gasteiger partial charge in [-0.1, -0.05) is 13.8 Å². The summed E-state index contributed by atoms with van der Waals surface area (Å²) in [6.45, 7) is 7.20. The van der Waals surface area contributed by atoms with Gasteiger partial charge in [0.05, 0.1) is 0 Å². The van der Waals surface area contributed by atoms with Crippen LogP contribution in [0.1, 0.15) is 46.0 Å². The van der Waals surface area contributed by atoms with Crippen LogP contribution in [0.4, 0.5) is 0 Å². The molecule has 0 spiro atoms. The van der Waals surface area contributed by atoms with Crippen LogP contribution >= 0.6 is 0 Å². The topological polar surface area (TPSA) is 29.5 Å². The molecular weight excluding hydrogens is 214 g/mol. The van der Waals surface area contributed by atoms with Crippen molar-refractivity contribution < 1.29 is 9.53 Å². The molecule has 0 aliphatic carbocycles. The van der Waals surface area contributed by atoms with E-state index >= 15 is 0 Å². The first-order chi connectivity index (χ1) is 8.16. The Morgan fingerprint density at radius 1 is 1.29 bits per heavy atom. The maximum atomic E-state index is 11.5. The van der Waals surface area contributed by atoms with Gasteiger partial charge in [0, 0.05) is 44.7 Å². The van der Waals surface area contributed by atoms with Crippen molar-refractivity contribution in [3.63, 3.8) is 0 Å². The lowest BCUT2D eigenvalue weighted by molar-refractivity contribution is -0.123. The van der Waals surface area contributed by atoms with Crippen LogP contribution in [0.25, 0.3) is 0 Å². The van der Waals surface area contributed by atoms with Crippen molar-refractivity contribution in [2.24, 2.45) is 5.92 Å². The van der Waals surface area contributed by atoms with Crippen LogP contribution in [0.3, 0.4) is 0 Å². The van der Waals surface area contributed by atoms with Crippen LogP contribution in [0.2, 0.25) is 0 Å². The van der Waals surface area contributed by atoms with E-state index in [2.05, 4.69) is 18.7 Å². The number of nitrogens with zero attached hydrogens (tertiary/aromatic N) is 1. The molecule has 0 N–H and O–H groups in total. The molecule has 17 heavy (non-hydrogen) atoms. The molecule has 3 nitrogen and oxygen atoms in total. The zero-order valence-corrected chi connectivity index (χ0v) is 11.2. The summed E-state index contributed by atoms with van der Waals surface area (Å²) < 4.78 is 5.60. The summed E-state index contributed by atoms with van der Waals surface area (Å²) in [7, 11) is 0. The third kappa shape index (κ3) is 3.52. The minimum atomic E-state index is 0.477. The number of carbonyl (C=O) groups excluding carboxylic acids is 1. The van der Waals surface area contributed by atoms with Crippen molar-refractivity contribution in [2.45, 2.75) is 58.0 Å². The Hall–Kier alpha value is -0.410. The van der Waals surface area contributed by atoms with Crippen LogP contribution < -0.4 is 0 Å². The molecule has 2 heterocycles. The first kappa shape index (κ1) is 13.0. The molecule has 0 aromatic carbocycles. The molecule has 2 atom stereocenters. The van der Waals surface area contributed by atoms with Gasteiger partial charge in [-0.2, -0.15) is 0 Å². The van der Waals surface area contributed by atoms with Gasteiger partial charge >= 0.3 is 0 Å². The summed E-state index contributed by atoms with van der Waals surface area (Å²) >= 11 is 0. The van der Waals surface area contributed by atoms with Crippen molar-refractivity contribution >= 4 is 5.78 Å². The van der Waals surface area contributed by atoms with Crippen molar-refractivity contribution in [3.05, 3.63) is 0 Å². The minimum absolute atomic E-state index is 0.477. The van der Waals surface area contributed by atoms with E-state index in [-0.39, 0.29) is 0 Å². The van der Waals surface area contributed by atoms with Gasteiger partial charge in [-0.05, 0) is 25.2 Å². The van der Waals surface area contributed by atoms with Crippen molar-refractivity contribution in [2.75, 3.05) is 19.8 Å². The Balaban J connectivity index is 1.65. The molecule has 2 aliphatic rings. The first-order valence-electron chi connectivity index (χ1n) is 7.02. The van der Waals surface area contributed by atoms with Gasteiger partial charge in [0.25, 0.3) is 0 Å². The Morgan fingerprint density at radius 2 is 1.94 bits per heavy atom. The van der Waals surface area contributed by atoms with E-state index in [1.54, 1.807) is 0 Å². The predicted octanol–water partition coefficient (Wildman–Crippen LogP) is 2.25. The Bertz CT molecular complexity index is 249. The lowest BCUT2D eigenvalue weighted by Gasteiger charge is -2.33. The van der Waals surface area contributed by atoms with Gasteiger partial charge in [0.2, 0.25) is 0 Å². The highest BCUT2D eigenvalue weighted by molar-refractivity contribution is 5.80. The second-order valence-corrected chi connectivity index (χ2v) is 5.89. The number of piperidine rings is 1. The van der Waals surface area contributed by atoms with Gasteiger partial charge in [0.1, 0.15) is 5.78 Å². The minimum Gasteiger partial charge on any atom is -0.381 e. The maximum absolute atomic E-state index is 11.5. The van der Waals surface area contributed by atoms with E-state index in [0.717, 1.165) is 39.0 Å². The van der Waals surface area contributed by atoms with Gasteiger partial charge in [0.15, 0.2) is 0 Å². The Morgan fingerprint density at radius 3 is 2.53 bits per heavy atom. The number of hydrogen-bond donors (Lipinski definition) is 0. The summed E-state index contributed by atoms with van der Waals surface area (Å²) in [5, 5.41) is 0. The molecule has 3 heteroatoms. The fourth-order valence-electron chi connectivity index (χ4n) is 3.10. The lowest BCUT2D eigenvalue weighted by atomic mass is 10.0. The van der Waals surface area contributed by atoms with E-state index in [0.29, 0.717) is 23.8 Å². The zero-order chi connectivity index (χ0) is 12.3. The number of ketones is 1. The summed E-state index contributed by atoms with van der Waals surface area (Å²) in [5.41, 5.74) is 0.